The minimum atomic E-state index is -0.466. The van der Waals surface area contributed by atoms with E-state index >= 15 is 0 Å². The third kappa shape index (κ3) is 3.87. The molecule has 6 nitrogen and oxygen atoms in total. The van der Waals surface area contributed by atoms with E-state index in [0.29, 0.717) is 5.75 Å². The van der Waals surface area contributed by atoms with Crippen molar-refractivity contribution in [2.45, 2.75) is 5.75 Å². The number of non-ortho nitro benzene ring substituents is 1. The molecule has 0 heterocycles. The molecule has 0 saturated carbocycles. The van der Waals surface area contributed by atoms with Crippen molar-refractivity contribution in [2.24, 2.45) is 0 Å². The molecule has 7 heteroatoms. The van der Waals surface area contributed by atoms with Gasteiger partial charge in [-0.15, -0.1) is 11.8 Å². The van der Waals surface area contributed by atoms with Gasteiger partial charge in [0.05, 0.1) is 10.7 Å². The zero-order valence-corrected chi connectivity index (χ0v) is 9.07. The number of amides is 1. The van der Waals surface area contributed by atoms with Gasteiger partial charge in [-0.1, -0.05) is 12.1 Å². The molecule has 0 aromatic heterocycles. The Hall–Kier alpha value is -1.60. The molecule has 1 aromatic carbocycles. The number of nitro benzene ring substituents is 1. The average Bonchev–Trinajstić information content (AvgIpc) is 2.29. The number of hydrogen-bond donors (Lipinski definition) is 2. The van der Waals surface area contributed by atoms with E-state index in [0.717, 1.165) is 5.56 Å². The Balaban J connectivity index is 2.43. The predicted octanol–water partition coefficient (Wildman–Crippen LogP) is 1.33. The quantitative estimate of drug-likeness (QED) is 0.461. The Labute approximate surface area is 95.8 Å². The SMILES string of the molecule is O=C(CSCc1ccc([N+](=O)[O-])cc1)NO. The summed E-state index contributed by atoms with van der Waals surface area (Å²) in [6, 6.07) is 6.12. The minimum Gasteiger partial charge on any atom is -0.289 e. The lowest BCUT2D eigenvalue weighted by Crippen LogP contribution is -2.20. The number of nitro groups is 1. The van der Waals surface area contributed by atoms with Gasteiger partial charge in [0.25, 0.3) is 11.6 Å². The van der Waals surface area contributed by atoms with Gasteiger partial charge in [0.15, 0.2) is 0 Å². The lowest BCUT2D eigenvalue weighted by Gasteiger charge is -2.00. The molecule has 2 N–H and O–H groups in total. The van der Waals surface area contributed by atoms with Crippen LogP contribution in [0.3, 0.4) is 0 Å². The first-order valence-electron chi connectivity index (χ1n) is 4.37. The van der Waals surface area contributed by atoms with E-state index in [9.17, 15) is 14.9 Å². The van der Waals surface area contributed by atoms with Crippen molar-refractivity contribution in [1.29, 1.82) is 0 Å². The van der Waals surface area contributed by atoms with Crippen LogP contribution in [0.25, 0.3) is 0 Å². The van der Waals surface area contributed by atoms with E-state index in [1.807, 2.05) is 0 Å². The Kier molecular flexibility index (Phi) is 4.74. The summed E-state index contributed by atoms with van der Waals surface area (Å²) in [5.41, 5.74) is 2.46. The van der Waals surface area contributed by atoms with Crippen LogP contribution in [0.1, 0.15) is 5.56 Å². The standard InChI is InChI=1S/C9H10N2O4S/c12-9(10-13)6-16-5-7-1-3-8(4-2-7)11(14)15/h1-4,13H,5-6H2,(H,10,12). The van der Waals surface area contributed by atoms with Crippen molar-refractivity contribution in [3.05, 3.63) is 39.9 Å². The molecule has 0 atom stereocenters. The predicted molar refractivity (Wildman–Crippen MR) is 59.2 cm³/mol. The van der Waals surface area contributed by atoms with E-state index in [1.165, 1.54) is 29.4 Å². The van der Waals surface area contributed by atoms with Crippen molar-refractivity contribution in [1.82, 2.24) is 5.48 Å². The van der Waals surface area contributed by atoms with Gasteiger partial charge >= 0.3 is 0 Å². The number of nitrogens with zero attached hydrogens (tertiary/aromatic N) is 1. The molecule has 0 radical (unpaired) electrons. The maximum Gasteiger partial charge on any atom is 0.269 e. The molecule has 0 aliphatic rings. The second kappa shape index (κ2) is 6.09. The lowest BCUT2D eigenvalue weighted by molar-refractivity contribution is -0.384. The third-order valence-corrected chi connectivity index (χ3v) is 2.78. The first-order valence-corrected chi connectivity index (χ1v) is 5.53. The van der Waals surface area contributed by atoms with Gasteiger partial charge in [-0.2, -0.15) is 0 Å². The van der Waals surface area contributed by atoms with Gasteiger partial charge < -0.3 is 0 Å². The number of nitrogens with one attached hydrogen (secondary N) is 1. The molecule has 0 unspecified atom stereocenters. The van der Waals surface area contributed by atoms with E-state index < -0.39 is 10.8 Å². The number of hydrogen-bond acceptors (Lipinski definition) is 5. The van der Waals surface area contributed by atoms with Crippen LogP contribution in [0.2, 0.25) is 0 Å². The highest BCUT2D eigenvalue weighted by molar-refractivity contribution is 7.99. The molecule has 1 rings (SSSR count). The molecule has 1 aromatic rings. The Morgan fingerprint density at radius 3 is 2.56 bits per heavy atom. The normalized spacial score (nSPS) is 9.81. The number of carbonyl (C=O) groups is 1. The molecule has 0 spiro atoms. The Morgan fingerprint density at radius 2 is 2.06 bits per heavy atom. The first kappa shape index (κ1) is 12.5. The third-order valence-electron chi connectivity index (χ3n) is 1.77. The molecular weight excluding hydrogens is 232 g/mol. The zero-order valence-electron chi connectivity index (χ0n) is 8.25. The summed E-state index contributed by atoms with van der Waals surface area (Å²) in [4.78, 5) is 20.6. The number of thioether (sulfide) groups is 1. The summed E-state index contributed by atoms with van der Waals surface area (Å²) in [5, 5.41) is 18.6. The maximum atomic E-state index is 10.7. The van der Waals surface area contributed by atoms with E-state index in [-0.39, 0.29) is 11.4 Å². The van der Waals surface area contributed by atoms with Crippen LogP contribution in [-0.2, 0) is 10.5 Å². The molecule has 0 fully saturated rings. The van der Waals surface area contributed by atoms with Crippen molar-refractivity contribution in [3.8, 4) is 0 Å². The summed E-state index contributed by atoms with van der Waals surface area (Å²) >= 11 is 1.31. The van der Waals surface area contributed by atoms with Crippen LogP contribution in [-0.4, -0.2) is 21.8 Å². The summed E-state index contributed by atoms with van der Waals surface area (Å²) in [7, 11) is 0. The van der Waals surface area contributed by atoms with Gasteiger partial charge in [0, 0.05) is 17.9 Å². The molecule has 0 aliphatic carbocycles. The molecule has 0 saturated heterocycles. The number of rotatable bonds is 5. The summed E-state index contributed by atoms with van der Waals surface area (Å²) < 4.78 is 0. The lowest BCUT2D eigenvalue weighted by atomic mass is 10.2. The minimum absolute atomic E-state index is 0.0434. The average molecular weight is 242 g/mol. The largest absolute Gasteiger partial charge is 0.289 e. The summed E-state index contributed by atoms with van der Waals surface area (Å²) in [5.74, 6) is 0.241. The van der Waals surface area contributed by atoms with Gasteiger partial charge in [0.2, 0.25) is 0 Å². The van der Waals surface area contributed by atoms with Crippen LogP contribution in [0.4, 0.5) is 5.69 Å². The summed E-state index contributed by atoms with van der Waals surface area (Å²) in [6.07, 6.45) is 0. The first-order chi connectivity index (χ1) is 7.63. The molecule has 0 bridgehead atoms. The van der Waals surface area contributed by atoms with E-state index in [2.05, 4.69) is 0 Å². The van der Waals surface area contributed by atoms with Crippen LogP contribution in [0, 0.1) is 10.1 Å². The van der Waals surface area contributed by atoms with E-state index in [1.54, 1.807) is 12.1 Å². The van der Waals surface area contributed by atoms with Crippen LogP contribution in [0.5, 0.6) is 0 Å². The highest BCUT2D eigenvalue weighted by Crippen LogP contribution is 2.16. The van der Waals surface area contributed by atoms with Gasteiger partial charge in [-0.25, -0.2) is 5.48 Å². The van der Waals surface area contributed by atoms with Gasteiger partial charge in [0.1, 0.15) is 0 Å². The Bertz CT molecular complexity index is 380. The summed E-state index contributed by atoms with van der Waals surface area (Å²) in [6.45, 7) is 0. The molecule has 16 heavy (non-hydrogen) atoms. The topological polar surface area (TPSA) is 92.5 Å². The second-order valence-corrected chi connectivity index (χ2v) is 3.94. The molecule has 0 aliphatic heterocycles. The highest BCUT2D eigenvalue weighted by atomic mass is 32.2. The Morgan fingerprint density at radius 1 is 1.44 bits per heavy atom. The van der Waals surface area contributed by atoms with E-state index in [4.69, 9.17) is 5.21 Å². The molecule has 1 amide bonds. The maximum absolute atomic E-state index is 10.7. The second-order valence-electron chi connectivity index (χ2n) is 2.95. The molecular formula is C9H10N2O4S. The monoisotopic (exact) mass is 242 g/mol. The highest BCUT2D eigenvalue weighted by Gasteiger charge is 2.04. The number of benzene rings is 1. The van der Waals surface area contributed by atoms with Crippen LogP contribution in [0.15, 0.2) is 24.3 Å². The fourth-order valence-corrected chi connectivity index (χ4v) is 1.79. The van der Waals surface area contributed by atoms with Gasteiger partial charge in [-0.3, -0.25) is 20.1 Å². The van der Waals surface area contributed by atoms with Crippen molar-refractivity contribution in [2.75, 3.05) is 5.75 Å². The zero-order chi connectivity index (χ0) is 12.0. The fourth-order valence-electron chi connectivity index (χ4n) is 1.01. The van der Waals surface area contributed by atoms with Crippen molar-refractivity contribution >= 4 is 23.4 Å². The van der Waals surface area contributed by atoms with Crippen LogP contribution < -0.4 is 5.48 Å². The van der Waals surface area contributed by atoms with Crippen molar-refractivity contribution < 1.29 is 14.9 Å². The van der Waals surface area contributed by atoms with Gasteiger partial charge in [-0.05, 0) is 5.56 Å². The fraction of sp³-hybridized carbons (Fsp3) is 0.222. The number of hydroxylamine groups is 1. The van der Waals surface area contributed by atoms with Crippen LogP contribution >= 0.6 is 11.8 Å². The smallest absolute Gasteiger partial charge is 0.269 e. The van der Waals surface area contributed by atoms with Crippen molar-refractivity contribution in [3.63, 3.8) is 0 Å². The molecule has 86 valence electrons. The number of carbonyl (C=O) groups excluding carboxylic acids is 1.